The van der Waals surface area contributed by atoms with E-state index in [9.17, 15) is 9.59 Å². The SMILES string of the molecule is O=C1NC(Nc2ccccc2)OC1=O. The fourth-order valence-corrected chi connectivity index (χ4v) is 1.12. The molecule has 14 heavy (non-hydrogen) atoms. The number of amides is 1. The van der Waals surface area contributed by atoms with Crippen LogP contribution >= 0.6 is 0 Å². The second-order valence-electron chi connectivity index (χ2n) is 2.77. The molecule has 0 aliphatic carbocycles. The van der Waals surface area contributed by atoms with Gasteiger partial charge in [0.1, 0.15) is 0 Å². The number of benzene rings is 1. The molecule has 0 saturated carbocycles. The predicted molar refractivity (Wildman–Crippen MR) is 48.1 cm³/mol. The Balaban J connectivity index is 2.00. The Morgan fingerprint density at radius 3 is 2.50 bits per heavy atom. The van der Waals surface area contributed by atoms with Crippen LogP contribution in [0.2, 0.25) is 0 Å². The highest BCUT2D eigenvalue weighted by Gasteiger charge is 2.30. The van der Waals surface area contributed by atoms with Crippen molar-refractivity contribution in [2.45, 2.75) is 6.35 Å². The van der Waals surface area contributed by atoms with Gasteiger partial charge in [-0.15, -0.1) is 0 Å². The molecule has 1 atom stereocenters. The molecule has 1 heterocycles. The normalized spacial score (nSPS) is 20.1. The van der Waals surface area contributed by atoms with Crippen molar-refractivity contribution < 1.29 is 14.3 Å². The largest absolute Gasteiger partial charge is 0.416 e. The Bertz CT molecular complexity index is 348. The number of hydrogen-bond donors (Lipinski definition) is 2. The maximum atomic E-state index is 10.7. The molecule has 5 heteroatoms. The summed E-state index contributed by atoms with van der Waals surface area (Å²) in [5, 5.41) is 5.16. The van der Waals surface area contributed by atoms with Gasteiger partial charge in [-0.25, -0.2) is 4.79 Å². The summed E-state index contributed by atoms with van der Waals surface area (Å²) in [6.45, 7) is 0. The Morgan fingerprint density at radius 1 is 1.21 bits per heavy atom. The van der Waals surface area contributed by atoms with Crippen molar-refractivity contribution in [3.63, 3.8) is 0 Å². The molecule has 1 saturated heterocycles. The van der Waals surface area contributed by atoms with Crippen LogP contribution in [0.4, 0.5) is 5.69 Å². The van der Waals surface area contributed by atoms with Crippen molar-refractivity contribution in [2.75, 3.05) is 5.32 Å². The molecule has 0 radical (unpaired) electrons. The number of carbonyl (C=O) groups excluding carboxylic acids is 2. The Hall–Kier alpha value is -2.04. The molecule has 1 aliphatic heterocycles. The summed E-state index contributed by atoms with van der Waals surface area (Å²) in [6.07, 6.45) is -0.766. The zero-order valence-electron chi connectivity index (χ0n) is 7.19. The maximum Gasteiger partial charge on any atom is 0.400 e. The summed E-state index contributed by atoms with van der Waals surface area (Å²) in [5.74, 6) is -1.59. The summed E-state index contributed by atoms with van der Waals surface area (Å²) < 4.78 is 4.67. The number of nitrogens with one attached hydrogen (secondary N) is 2. The minimum atomic E-state index is -0.863. The topological polar surface area (TPSA) is 67.4 Å². The lowest BCUT2D eigenvalue weighted by atomic mass is 10.3. The van der Waals surface area contributed by atoms with Crippen LogP contribution in [0.25, 0.3) is 0 Å². The highest BCUT2D eigenvalue weighted by atomic mass is 16.6. The zero-order chi connectivity index (χ0) is 9.97. The van der Waals surface area contributed by atoms with Crippen LogP contribution < -0.4 is 10.6 Å². The van der Waals surface area contributed by atoms with E-state index in [1.165, 1.54) is 0 Å². The summed E-state index contributed by atoms with van der Waals surface area (Å²) in [4.78, 5) is 21.4. The molecule has 2 N–H and O–H groups in total. The van der Waals surface area contributed by atoms with E-state index in [2.05, 4.69) is 15.4 Å². The quantitative estimate of drug-likeness (QED) is 0.513. The lowest BCUT2D eigenvalue weighted by Crippen LogP contribution is -2.33. The number of carbonyl (C=O) groups is 2. The number of esters is 1. The third-order valence-electron chi connectivity index (χ3n) is 1.74. The van der Waals surface area contributed by atoms with Gasteiger partial charge in [0.15, 0.2) is 0 Å². The Labute approximate surface area is 80.1 Å². The molecule has 2 rings (SSSR count). The molecule has 1 unspecified atom stereocenters. The molecule has 1 amide bonds. The minimum Gasteiger partial charge on any atom is -0.416 e. The van der Waals surface area contributed by atoms with Crippen LogP contribution in [0, 0.1) is 0 Å². The fourth-order valence-electron chi connectivity index (χ4n) is 1.12. The van der Waals surface area contributed by atoms with Gasteiger partial charge in [-0.05, 0) is 12.1 Å². The highest BCUT2D eigenvalue weighted by Crippen LogP contribution is 2.08. The van der Waals surface area contributed by atoms with Crippen LogP contribution in [0.3, 0.4) is 0 Å². The van der Waals surface area contributed by atoms with E-state index in [1.54, 1.807) is 12.1 Å². The molecule has 1 aliphatic rings. The molecule has 1 aromatic rings. The molecule has 5 nitrogen and oxygen atoms in total. The van der Waals surface area contributed by atoms with E-state index < -0.39 is 18.2 Å². The van der Waals surface area contributed by atoms with E-state index in [-0.39, 0.29) is 0 Å². The van der Waals surface area contributed by atoms with Gasteiger partial charge in [0.05, 0.1) is 0 Å². The molecule has 72 valence electrons. The number of cyclic esters (lactones) is 1. The van der Waals surface area contributed by atoms with Crippen molar-refractivity contribution >= 4 is 17.6 Å². The predicted octanol–water partition coefficient (Wildman–Crippen LogP) is 0.0551. The number of hydrogen-bond acceptors (Lipinski definition) is 4. The molecule has 0 bridgehead atoms. The van der Waals surface area contributed by atoms with Gasteiger partial charge in [0.25, 0.3) is 6.35 Å². The van der Waals surface area contributed by atoms with Gasteiger partial charge in [0, 0.05) is 5.69 Å². The first-order chi connectivity index (χ1) is 6.75. The fraction of sp³-hybridized carbons (Fsp3) is 0.111. The van der Waals surface area contributed by atoms with Crippen molar-refractivity contribution in [3.8, 4) is 0 Å². The first kappa shape index (κ1) is 8.55. The van der Waals surface area contributed by atoms with E-state index in [0.29, 0.717) is 0 Å². The second-order valence-corrected chi connectivity index (χ2v) is 2.77. The monoisotopic (exact) mass is 192 g/mol. The van der Waals surface area contributed by atoms with E-state index in [0.717, 1.165) is 5.69 Å². The molecule has 1 aromatic carbocycles. The zero-order valence-corrected chi connectivity index (χ0v) is 7.19. The van der Waals surface area contributed by atoms with Crippen LogP contribution in [0.15, 0.2) is 30.3 Å². The lowest BCUT2D eigenvalue weighted by Gasteiger charge is -2.11. The number of ether oxygens (including phenoxy) is 1. The maximum absolute atomic E-state index is 10.7. The van der Waals surface area contributed by atoms with Crippen molar-refractivity contribution in [2.24, 2.45) is 0 Å². The van der Waals surface area contributed by atoms with Crippen LogP contribution in [0.5, 0.6) is 0 Å². The van der Waals surface area contributed by atoms with Crippen molar-refractivity contribution in [1.82, 2.24) is 5.32 Å². The molecular weight excluding hydrogens is 184 g/mol. The Morgan fingerprint density at radius 2 is 1.93 bits per heavy atom. The van der Waals surface area contributed by atoms with E-state index in [1.807, 2.05) is 18.2 Å². The average molecular weight is 192 g/mol. The van der Waals surface area contributed by atoms with Gasteiger partial charge in [-0.1, -0.05) is 18.2 Å². The molecular formula is C9H8N2O3. The third kappa shape index (κ3) is 1.66. The summed E-state index contributed by atoms with van der Waals surface area (Å²) in [6, 6.07) is 9.14. The summed E-state index contributed by atoms with van der Waals surface area (Å²) in [7, 11) is 0. The van der Waals surface area contributed by atoms with E-state index >= 15 is 0 Å². The lowest BCUT2D eigenvalue weighted by molar-refractivity contribution is -0.148. The minimum absolute atomic E-state index is 0.724. The standard InChI is InChI=1S/C9H8N2O3/c12-7-8(13)14-9(11-7)10-6-4-2-1-3-5-6/h1-5,9-10H,(H,11,12). The number of rotatable bonds is 2. The first-order valence-corrected chi connectivity index (χ1v) is 4.09. The average Bonchev–Trinajstić information content (AvgIpc) is 2.47. The van der Waals surface area contributed by atoms with Crippen LogP contribution in [-0.2, 0) is 14.3 Å². The summed E-state index contributed by atoms with van der Waals surface area (Å²) >= 11 is 0. The molecule has 0 aromatic heterocycles. The van der Waals surface area contributed by atoms with Crippen LogP contribution in [-0.4, -0.2) is 18.2 Å². The van der Waals surface area contributed by atoms with Crippen molar-refractivity contribution in [3.05, 3.63) is 30.3 Å². The van der Waals surface area contributed by atoms with Crippen LogP contribution in [0.1, 0.15) is 0 Å². The van der Waals surface area contributed by atoms with Gasteiger partial charge < -0.3 is 10.1 Å². The summed E-state index contributed by atoms with van der Waals surface area (Å²) in [5.41, 5.74) is 0.771. The van der Waals surface area contributed by atoms with Crippen molar-refractivity contribution in [1.29, 1.82) is 0 Å². The molecule has 0 spiro atoms. The third-order valence-corrected chi connectivity index (χ3v) is 1.74. The molecule has 1 fully saturated rings. The van der Waals surface area contributed by atoms with Gasteiger partial charge in [0.2, 0.25) is 0 Å². The Kier molecular flexibility index (Phi) is 2.06. The number of anilines is 1. The smallest absolute Gasteiger partial charge is 0.400 e. The van der Waals surface area contributed by atoms with Gasteiger partial charge in [-0.3, -0.25) is 10.1 Å². The highest BCUT2D eigenvalue weighted by molar-refractivity contribution is 6.34. The first-order valence-electron chi connectivity index (χ1n) is 4.09. The second kappa shape index (κ2) is 3.37. The van der Waals surface area contributed by atoms with E-state index in [4.69, 9.17) is 0 Å². The van der Waals surface area contributed by atoms with Gasteiger partial charge >= 0.3 is 11.9 Å². The number of para-hydroxylation sites is 1. The van der Waals surface area contributed by atoms with Gasteiger partial charge in [-0.2, -0.15) is 0 Å².